The van der Waals surface area contributed by atoms with Crippen LogP contribution in [-0.4, -0.2) is 37.6 Å². The quantitative estimate of drug-likeness (QED) is 0.919. The van der Waals surface area contributed by atoms with Crippen molar-refractivity contribution in [2.45, 2.75) is 19.3 Å². The molecule has 1 aromatic rings. The molecule has 2 nitrogen and oxygen atoms in total. The van der Waals surface area contributed by atoms with Crippen LogP contribution in [0.25, 0.3) is 0 Å². The van der Waals surface area contributed by atoms with Gasteiger partial charge in [-0.05, 0) is 50.5 Å². The molecule has 0 unspecified atom stereocenters. The van der Waals surface area contributed by atoms with Gasteiger partial charge in [-0.25, -0.2) is 0 Å². The molecule has 0 bridgehead atoms. The fraction of sp³-hybridized carbons (Fsp3) is 0.571. The van der Waals surface area contributed by atoms with Crippen LogP contribution in [0.2, 0.25) is 0 Å². The van der Waals surface area contributed by atoms with Crippen molar-refractivity contribution in [2.24, 2.45) is 0 Å². The molecule has 0 spiro atoms. The first kappa shape index (κ1) is 13.1. The second-order valence-electron chi connectivity index (χ2n) is 4.64. The number of benzene rings is 1. The molecule has 0 radical (unpaired) electrons. The Morgan fingerprint density at radius 3 is 2.94 bits per heavy atom. The SMILES string of the molecule is Brc1ccccc1CCCN1CCCNCC1. The summed E-state index contributed by atoms with van der Waals surface area (Å²) in [6, 6.07) is 8.54. The molecule has 17 heavy (non-hydrogen) atoms. The highest BCUT2D eigenvalue weighted by Gasteiger charge is 2.08. The lowest BCUT2D eigenvalue weighted by Crippen LogP contribution is -2.29. The Hall–Kier alpha value is -0.380. The highest BCUT2D eigenvalue weighted by atomic mass is 79.9. The molecule has 0 aromatic heterocycles. The molecule has 1 fully saturated rings. The normalized spacial score (nSPS) is 17.9. The van der Waals surface area contributed by atoms with Crippen molar-refractivity contribution in [3.8, 4) is 0 Å². The van der Waals surface area contributed by atoms with E-state index in [1.807, 2.05) is 0 Å². The zero-order valence-electron chi connectivity index (χ0n) is 10.3. The van der Waals surface area contributed by atoms with Crippen molar-refractivity contribution >= 4 is 15.9 Å². The monoisotopic (exact) mass is 296 g/mol. The van der Waals surface area contributed by atoms with E-state index in [9.17, 15) is 0 Å². The third kappa shape index (κ3) is 4.41. The van der Waals surface area contributed by atoms with E-state index in [0.29, 0.717) is 0 Å². The summed E-state index contributed by atoms with van der Waals surface area (Å²) >= 11 is 3.61. The summed E-state index contributed by atoms with van der Waals surface area (Å²) in [6.07, 6.45) is 3.71. The van der Waals surface area contributed by atoms with Crippen molar-refractivity contribution in [3.05, 3.63) is 34.3 Å². The fourth-order valence-electron chi connectivity index (χ4n) is 2.32. The summed E-state index contributed by atoms with van der Waals surface area (Å²) in [6.45, 7) is 6.01. The van der Waals surface area contributed by atoms with E-state index in [1.54, 1.807) is 0 Å². The van der Waals surface area contributed by atoms with E-state index in [4.69, 9.17) is 0 Å². The van der Waals surface area contributed by atoms with Crippen LogP contribution in [0.1, 0.15) is 18.4 Å². The Morgan fingerprint density at radius 1 is 1.18 bits per heavy atom. The fourth-order valence-corrected chi connectivity index (χ4v) is 2.80. The Balaban J connectivity index is 1.73. The maximum absolute atomic E-state index is 3.61. The highest BCUT2D eigenvalue weighted by molar-refractivity contribution is 9.10. The van der Waals surface area contributed by atoms with E-state index in [-0.39, 0.29) is 0 Å². The summed E-state index contributed by atoms with van der Waals surface area (Å²) in [5.41, 5.74) is 1.43. The predicted octanol–water partition coefficient (Wildman–Crippen LogP) is 2.68. The largest absolute Gasteiger partial charge is 0.315 e. The lowest BCUT2D eigenvalue weighted by atomic mass is 10.1. The molecule has 1 saturated heterocycles. The van der Waals surface area contributed by atoms with Crippen LogP contribution in [0, 0.1) is 0 Å². The molecule has 3 heteroatoms. The zero-order chi connectivity index (χ0) is 11.9. The highest BCUT2D eigenvalue weighted by Crippen LogP contribution is 2.17. The van der Waals surface area contributed by atoms with Gasteiger partial charge >= 0.3 is 0 Å². The van der Waals surface area contributed by atoms with Gasteiger partial charge in [0.25, 0.3) is 0 Å². The molecule has 1 aliphatic rings. The molecule has 0 aliphatic carbocycles. The predicted molar refractivity (Wildman–Crippen MR) is 76.4 cm³/mol. The molecule has 1 heterocycles. The molecule has 1 aliphatic heterocycles. The van der Waals surface area contributed by atoms with Gasteiger partial charge in [0.05, 0.1) is 0 Å². The van der Waals surface area contributed by atoms with Crippen molar-refractivity contribution in [1.82, 2.24) is 10.2 Å². The summed E-state index contributed by atoms with van der Waals surface area (Å²) in [7, 11) is 0. The Morgan fingerprint density at radius 2 is 2.06 bits per heavy atom. The van der Waals surface area contributed by atoms with E-state index in [1.165, 1.54) is 55.5 Å². The zero-order valence-corrected chi connectivity index (χ0v) is 11.9. The second-order valence-corrected chi connectivity index (χ2v) is 5.49. The van der Waals surface area contributed by atoms with Crippen LogP contribution in [-0.2, 0) is 6.42 Å². The molecule has 1 N–H and O–H groups in total. The Bertz CT molecular complexity index is 333. The maximum Gasteiger partial charge on any atom is 0.0207 e. The maximum atomic E-state index is 3.61. The van der Waals surface area contributed by atoms with Crippen molar-refractivity contribution in [3.63, 3.8) is 0 Å². The van der Waals surface area contributed by atoms with Crippen molar-refractivity contribution in [1.29, 1.82) is 0 Å². The van der Waals surface area contributed by atoms with Crippen LogP contribution < -0.4 is 5.32 Å². The number of hydrogen-bond acceptors (Lipinski definition) is 2. The Labute approximate surface area is 113 Å². The summed E-state index contributed by atoms with van der Waals surface area (Å²) in [4.78, 5) is 2.58. The third-order valence-corrected chi connectivity index (χ3v) is 4.08. The molecular formula is C14H21BrN2. The standard InChI is InChI=1S/C14H21BrN2/c15-14-7-2-1-5-13(14)6-3-10-17-11-4-8-16-9-12-17/h1-2,5,7,16H,3-4,6,8-12H2. The van der Waals surface area contributed by atoms with E-state index >= 15 is 0 Å². The molecule has 0 saturated carbocycles. The smallest absolute Gasteiger partial charge is 0.0207 e. The Kier molecular flexibility index (Phi) is 5.49. The van der Waals surface area contributed by atoms with Gasteiger partial charge in [-0.15, -0.1) is 0 Å². The number of halogens is 1. The van der Waals surface area contributed by atoms with E-state index in [2.05, 4.69) is 50.4 Å². The molecular weight excluding hydrogens is 276 g/mol. The molecule has 94 valence electrons. The topological polar surface area (TPSA) is 15.3 Å². The van der Waals surface area contributed by atoms with Crippen molar-refractivity contribution in [2.75, 3.05) is 32.7 Å². The van der Waals surface area contributed by atoms with Gasteiger partial charge in [0.15, 0.2) is 0 Å². The lowest BCUT2D eigenvalue weighted by molar-refractivity contribution is 0.289. The molecule has 1 aromatic carbocycles. The minimum atomic E-state index is 1.15. The minimum absolute atomic E-state index is 1.15. The number of nitrogens with zero attached hydrogens (tertiary/aromatic N) is 1. The number of hydrogen-bond donors (Lipinski definition) is 1. The van der Waals surface area contributed by atoms with Gasteiger partial charge in [-0.3, -0.25) is 0 Å². The van der Waals surface area contributed by atoms with Crippen LogP contribution >= 0.6 is 15.9 Å². The van der Waals surface area contributed by atoms with Crippen molar-refractivity contribution < 1.29 is 0 Å². The minimum Gasteiger partial charge on any atom is -0.315 e. The third-order valence-electron chi connectivity index (χ3n) is 3.31. The van der Waals surface area contributed by atoms with Gasteiger partial charge in [-0.2, -0.15) is 0 Å². The van der Waals surface area contributed by atoms with E-state index < -0.39 is 0 Å². The van der Waals surface area contributed by atoms with Crippen LogP contribution in [0.4, 0.5) is 0 Å². The average molecular weight is 297 g/mol. The first-order chi connectivity index (χ1) is 8.36. The van der Waals surface area contributed by atoms with Crippen LogP contribution in [0.3, 0.4) is 0 Å². The van der Waals surface area contributed by atoms with Gasteiger partial charge < -0.3 is 10.2 Å². The summed E-state index contributed by atoms with van der Waals surface area (Å²) < 4.78 is 1.25. The van der Waals surface area contributed by atoms with Crippen LogP contribution in [0.5, 0.6) is 0 Å². The second kappa shape index (κ2) is 7.14. The van der Waals surface area contributed by atoms with Gasteiger partial charge in [0, 0.05) is 17.6 Å². The molecule has 2 rings (SSSR count). The number of nitrogens with one attached hydrogen (secondary N) is 1. The molecule has 0 amide bonds. The summed E-state index contributed by atoms with van der Waals surface area (Å²) in [5.74, 6) is 0. The number of aryl methyl sites for hydroxylation is 1. The number of rotatable bonds is 4. The first-order valence-corrected chi connectivity index (χ1v) is 7.32. The van der Waals surface area contributed by atoms with E-state index in [0.717, 1.165) is 6.54 Å². The lowest BCUT2D eigenvalue weighted by Gasteiger charge is -2.19. The average Bonchev–Trinajstić information content (AvgIpc) is 2.60. The van der Waals surface area contributed by atoms with Crippen LogP contribution in [0.15, 0.2) is 28.7 Å². The van der Waals surface area contributed by atoms with Gasteiger partial charge in [0.1, 0.15) is 0 Å². The molecule has 0 atom stereocenters. The van der Waals surface area contributed by atoms with Gasteiger partial charge in [0.2, 0.25) is 0 Å². The summed E-state index contributed by atoms with van der Waals surface area (Å²) in [5, 5.41) is 3.45. The van der Waals surface area contributed by atoms with Gasteiger partial charge in [-0.1, -0.05) is 34.1 Å². The first-order valence-electron chi connectivity index (χ1n) is 6.53.